The SMILES string of the molecule is C[C@H](NCC(=O)OC(C)(C)C)c1cccnc1. The Labute approximate surface area is 102 Å². The van der Waals surface area contributed by atoms with Crippen LogP contribution in [0.1, 0.15) is 39.3 Å². The number of pyridine rings is 1. The summed E-state index contributed by atoms with van der Waals surface area (Å²) in [5.74, 6) is -0.242. The van der Waals surface area contributed by atoms with Crippen LogP contribution >= 0.6 is 0 Å². The van der Waals surface area contributed by atoms with Gasteiger partial charge in [0.1, 0.15) is 5.60 Å². The number of nitrogens with zero attached hydrogens (tertiary/aromatic N) is 1. The number of ether oxygens (including phenoxy) is 1. The summed E-state index contributed by atoms with van der Waals surface area (Å²) in [7, 11) is 0. The molecule has 0 spiro atoms. The number of carbonyl (C=O) groups excluding carboxylic acids is 1. The number of rotatable bonds is 4. The second-order valence-corrected chi connectivity index (χ2v) is 4.98. The van der Waals surface area contributed by atoms with Crippen LogP contribution in [0.5, 0.6) is 0 Å². The smallest absolute Gasteiger partial charge is 0.320 e. The molecule has 1 heterocycles. The van der Waals surface area contributed by atoms with E-state index in [1.807, 2.05) is 39.8 Å². The Morgan fingerprint density at radius 2 is 2.24 bits per heavy atom. The monoisotopic (exact) mass is 236 g/mol. The summed E-state index contributed by atoms with van der Waals surface area (Å²) < 4.78 is 5.21. The summed E-state index contributed by atoms with van der Waals surface area (Å²) in [6.07, 6.45) is 3.51. The molecule has 0 aromatic carbocycles. The van der Waals surface area contributed by atoms with Crippen LogP contribution in [0.25, 0.3) is 0 Å². The first-order chi connectivity index (χ1) is 7.88. The summed E-state index contributed by atoms with van der Waals surface area (Å²) in [4.78, 5) is 15.5. The van der Waals surface area contributed by atoms with Gasteiger partial charge in [-0.2, -0.15) is 0 Å². The molecule has 4 heteroatoms. The molecule has 17 heavy (non-hydrogen) atoms. The lowest BCUT2D eigenvalue weighted by Crippen LogP contribution is -2.32. The van der Waals surface area contributed by atoms with E-state index in [1.165, 1.54) is 0 Å². The van der Waals surface area contributed by atoms with Gasteiger partial charge in [-0.15, -0.1) is 0 Å². The molecule has 0 fully saturated rings. The molecule has 94 valence electrons. The van der Waals surface area contributed by atoms with E-state index in [0.717, 1.165) is 5.56 Å². The maximum Gasteiger partial charge on any atom is 0.320 e. The molecule has 0 saturated carbocycles. The molecule has 1 aromatic heterocycles. The Hall–Kier alpha value is -1.42. The minimum absolute atomic E-state index is 0.0798. The molecular formula is C13H20N2O2. The topological polar surface area (TPSA) is 51.2 Å². The van der Waals surface area contributed by atoms with Crippen molar-refractivity contribution in [2.75, 3.05) is 6.54 Å². The molecular weight excluding hydrogens is 216 g/mol. The lowest BCUT2D eigenvalue weighted by molar-refractivity contribution is -0.153. The van der Waals surface area contributed by atoms with Crippen LogP contribution in [0, 0.1) is 0 Å². The molecule has 0 radical (unpaired) electrons. The highest BCUT2D eigenvalue weighted by atomic mass is 16.6. The van der Waals surface area contributed by atoms with Crippen molar-refractivity contribution < 1.29 is 9.53 Å². The predicted molar refractivity (Wildman–Crippen MR) is 66.5 cm³/mol. The number of nitrogens with one attached hydrogen (secondary N) is 1. The van der Waals surface area contributed by atoms with Crippen LogP contribution in [0.15, 0.2) is 24.5 Å². The Bertz CT molecular complexity index is 357. The second-order valence-electron chi connectivity index (χ2n) is 4.98. The molecule has 1 atom stereocenters. The van der Waals surface area contributed by atoms with E-state index < -0.39 is 5.60 Å². The third-order valence-electron chi connectivity index (χ3n) is 2.16. The zero-order valence-corrected chi connectivity index (χ0v) is 10.9. The second kappa shape index (κ2) is 5.77. The standard InChI is InChI=1S/C13H20N2O2/c1-10(11-6-5-7-14-8-11)15-9-12(16)17-13(2,3)4/h5-8,10,15H,9H2,1-4H3/t10-/m0/s1. The third kappa shape index (κ3) is 5.45. The summed E-state index contributed by atoms with van der Waals surface area (Å²) in [6, 6.07) is 3.93. The highest BCUT2D eigenvalue weighted by Gasteiger charge is 2.16. The zero-order valence-electron chi connectivity index (χ0n) is 10.9. The first-order valence-corrected chi connectivity index (χ1v) is 5.73. The van der Waals surface area contributed by atoms with E-state index in [-0.39, 0.29) is 18.6 Å². The third-order valence-corrected chi connectivity index (χ3v) is 2.16. The Morgan fingerprint density at radius 1 is 1.53 bits per heavy atom. The summed E-state index contributed by atoms with van der Waals surface area (Å²) in [6.45, 7) is 7.76. The van der Waals surface area contributed by atoms with Crippen LogP contribution in [0.3, 0.4) is 0 Å². The fraction of sp³-hybridized carbons (Fsp3) is 0.538. The molecule has 0 bridgehead atoms. The fourth-order valence-electron chi connectivity index (χ4n) is 1.36. The van der Waals surface area contributed by atoms with Crippen molar-refractivity contribution in [3.8, 4) is 0 Å². The molecule has 4 nitrogen and oxygen atoms in total. The largest absolute Gasteiger partial charge is 0.459 e. The molecule has 0 aliphatic rings. The van der Waals surface area contributed by atoms with Crippen LogP contribution in [0.2, 0.25) is 0 Å². The van der Waals surface area contributed by atoms with Crippen molar-refractivity contribution in [2.45, 2.75) is 39.3 Å². The van der Waals surface area contributed by atoms with Crippen molar-refractivity contribution in [3.05, 3.63) is 30.1 Å². The van der Waals surface area contributed by atoms with Gasteiger partial charge in [0.15, 0.2) is 0 Å². The van der Waals surface area contributed by atoms with Gasteiger partial charge in [0.2, 0.25) is 0 Å². The van der Waals surface area contributed by atoms with Gasteiger partial charge in [-0.3, -0.25) is 9.78 Å². The first-order valence-electron chi connectivity index (χ1n) is 5.73. The van der Waals surface area contributed by atoms with Gasteiger partial charge < -0.3 is 10.1 Å². The van der Waals surface area contributed by atoms with Gasteiger partial charge in [-0.05, 0) is 39.3 Å². The quantitative estimate of drug-likeness (QED) is 0.813. The molecule has 0 saturated heterocycles. The maximum absolute atomic E-state index is 11.5. The highest BCUT2D eigenvalue weighted by molar-refractivity contribution is 5.72. The maximum atomic E-state index is 11.5. The van der Waals surface area contributed by atoms with Gasteiger partial charge >= 0.3 is 5.97 Å². The number of hydrogen-bond acceptors (Lipinski definition) is 4. The summed E-state index contributed by atoms with van der Waals surface area (Å²) in [5, 5.41) is 3.11. The molecule has 0 aliphatic heterocycles. The number of esters is 1. The number of carbonyl (C=O) groups is 1. The molecule has 0 unspecified atom stereocenters. The lowest BCUT2D eigenvalue weighted by Gasteiger charge is -2.20. The van der Waals surface area contributed by atoms with Crippen molar-refractivity contribution in [3.63, 3.8) is 0 Å². The van der Waals surface area contributed by atoms with Crippen molar-refractivity contribution in [2.24, 2.45) is 0 Å². The molecule has 1 rings (SSSR count). The highest BCUT2D eigenvalue weighted by Crippen LogP contribution is 2.10. The van der Waals surface area contributed by atoms with E-state index in [4.69, 9.17) is 4.74 Å². The fourth-order valence-corrected chi connectivity index (χ4v) is 1.36. The molecule has 1 aromatic rings. The predicted octanol–water partition coefficient (Wildman–Crippen LogP) is 2.07. The normalized spacial score (nSPS) is 13.2. The van der Waals surface area contributed by atoms with E-state index >= 15 is 0 Å². The van der Waals surface area contributed by atoms with Crippen molar-refractivity contribution >= 4 is 5.97 Å². The average molecular weight is 236 g/mol. The van der Waals surface area contributed by atoms with Gasteiger partial charge in [-0.1, -0.05) is 6.07 Å². The van der Waals surface area contributed by atoms with Crippen LogP contribution < -0.4 is 5.32 Å². The Balaban J connectivity index is 2.39. The van der Waals surface area contributed by atoms with E-state index in [0.29, 0.717) is 0 Å². The van der Waals surface area contributed by atoms with E-state index in [2.05, 4.69) is 10.3 Å². The first kappa shape index (κ1) is 13.6. The zero-order chi connectivity index (χ0) is 12.9. The van der Waals surface area contributed by atoms with E-state index in [1.54, 1.807) is 12.4 Å². The number of hydrogen-bond donors (Lipinski definition) is 1. The van der Waals surface area contributed by atoms with Gasteiger partial charge in [0.05, 0.1) is 6.54 Å². The van der Waals surface area contributed by atoms with Crippen LogP contribution in [0.4, 0.5) is 0 Å². The summed E-state index contributed by atoms with van der Waals surface area (Å²) in [5.41, 5.74) is 0.618. The van der Waals surface area contributed by atoms with Crippen molar-refractivity contribution in [1.29, 1.82) is 0 Å². The van der Waals surface area contributed by atoms with Crippen molar-refractivity contribution in [1.82, 2.24) is 10.3 Å². The molecule has 0 aliphatic carbocycles. The number of aromatic nitrogens is 1. The minimum atomic E-state index is -0.434. The van der Waals surface area contributed by atoms with E-state index in [9.17, 15) is 4.79 Å². The lowest BCUT2D eigenvalue weighted by atomic mass is 10.1. The average Bonchev–Trinajstić information content (AvgIpc) is 2.25. The molecule has 0 amide bonds. The van der Waals surface area contributed by atoms with Gasteiger partial charge in [-0.25, -0.2) is 0 Å². The Kier molecular flexibility index (Phi) is 4.63. The molecule has 1 N–H and O–H groups in total. The minimum Gasteiger partial charge on any atom is -0.459 e. The van der Waals surface area contributed by atoms with Gasteiger partial charge in [0.25, 0.3) is 0 Å². The summed E-state index contributed by atoms with van der Waals surface area (Å²) >= 11 is 0. The van der Waals surface area contributed by atoms with Crippen LogP contribution in [-0.2, 0) is 9.53 Å². The van der Waals surface area contributed by atoms with Gasteiger partial charge in [0, 0.05) is 18.4 Å². The Morgan fingerprint density at radius 3 is 2.76 bits per heavy atom. The van der Waals surface area contributed by atoms with Crippen LogP contribution in [-0.4, -0.2) is 23.1 Å².